The van der Waals surface area contributed by atoms with Crippen LogP contribution in [0, 0.1) is 12.8 Å². The molecule has 2 heterocycles. The molecule has 6 nitrogen and oxygen atoms in total. The predicted molar refractivity (Wildman–Crippen MR) is 114 cm³/mol. The van der Waals surface area contributed by atoms with E-state index in [4.69, 9.17) is 4.74 Å². The van der Waals surface area contributed by atoms with Crippen LogP contribution in [0.5, 0.6) is 5.75 Å². The molecule has 0 N–H and O–H groups in total. The average Bonchev–Trinajstić information content (AvgIpc) is 3.35. The smallest absolute Gasteiger partial charge is 0.238 e. The van der Waals surface area contributed by atoms with Crippen LogP contribution in [0.15, 0.2) is 60.0 Å². The van der Waals surface area contributed by atoms with E-state index in [1.807, 2.05) is 66.9 Å². The van der Waals surface area contributed by atoms with Crippen LogP contribution in [0.3, 0.4) is 0 Å². The van der Waals surface area contributed by atoms with Crippen LogP contribution in [0.4, 0.5) is 16.5 Å². The highest BCUT2D eigenvalue weighted by atomic mass is 32.1. The fourth-order valence-corrected chi connectivity index (χ4v) is 4.25. The van der Waals surface area contributed by atoms with Crippen LogP contribution in [0.1, 0.15) is 12.1 Å². The molecule has 1 aromatic heterocycles. The molecule has 7 heteroatoms. The number of hydrogen-bond donors (Lipinski definition) is 0. The van der Waals surface area contributed by atoms with Gasteiger partial charge in [0, 0.05) is 24.0 Å². The van der Waals surface area contributed by atoms with Gasteiger partial charge in [0.2, 0.25) is 11.8 Å². The van der Waals surface area contributed by atoms with Gasteiger partial charge < -0.3 is 9.64 Å². The lowest BCUT2D eigenvalue weighted by atomic mass is 10.1. The molecular weight excluding hydrogens is 386 g/mol. The number of aryl methyl sites for hydroxylation is 1. The monoisotopic (exact) mass is 407 g/mol. The number of nitrogens with zero attached hydrogens (tertiary/aromatic N) is 3. The van der Waals surface area contributed by atoms with Crippen molar-refractivity contribution in [3.8, 4) is 5.75 Å². The Balaban J connectivity index is 1.60. The molecule has 0 bridgehead atoms. The van der Waals surface area contributed by atoms with Gasteiger partial charge >= 0.3 is 0 Å². The lowest BCUT2D eigenvalue weighted by molar-refractivity contribution is -0.123. The molecule has 148 valence electrons. The van der Waals surface area contributed by atoms with E-state index in [1.54, 1.807) is 16.9 Å². The van der Waals surface area contributed by atoms with E-state index < -0.39 is 5.92 Å². The molecule has 0 saturated carbocycles. The number of rotatable bonds is 5. The minimum absolute atomic E-state index is 0.0585. The van der Waals surface area contributed by atoms with Gasteiger partial charge in [-0.1, -0.05) is 18.2 Å². The number of ether oxygens (including phenoxy) is 1. The molecule has 1 aliphatic heterocycles. The summed E-state index contributed by atoms with van der Waals surface area (Å²) in [5.74, 6) is 0.114. The summed E-state index contributed by atoms with van der Waals surface area (Å²) in [4.78, 5) is 33.9. The number of aromatic nitrogens is 1. The minimum Gasteiger partial charge on any atom is -0.497 e. The second kappa shape index (κ2) is 8.05. The molecule has 1 fully saturated rings. The lowest BCUT2D eigenvalue weighted by Gasteiger charge is -2.23. The van der Waals surface area contributed by atoms with Crippen LogP contribution < -0.4 is 14.5 Å². The first kappa shape index (κ1) is 19.1. The average molecular weight is 407 g/mol. The van der Waals surface area contributed by atoms with E-state index in [0.717, 1.165) is 22.8 Å². The molecule has 1 aliphatic rings. The fraction of sp³-hybridized carbons (Fsp3) is 0.227. The van der Waals surface area contributed by atoms with E-state index in [1.165, 1.54) is 11.3 Å². The molecule has 0 spiro atoms. The zero-order chi connectivity index (χ0) is 20.4. The molecule has 2 aromatic carbocycles. The molecule has 1 unspecified atom stereocenters. The lowest BCUT2D eigenvalue weighted by Crippen LogP contribution is -2.34. The predicted octanol–water partition coefficient (Wildman–Crippen LogP) is 4.18. The Morgan fingerprint density at radius 1 is 1.17 bits per heavy atom. The molecule has 0 radical (unpaired) electrons. The van der Waals surface area contributed by atoms with Crippen LogP contribution in [0.2, 0.25) is 0 Å². The number of para-hydroxylation sites is 1. The van der Waals surface area contributed by atoms with Gasteiger partial charge in [0.15, 0.2) is 5.13 Å². The summed E-state index contributed by atoms with van der Waals surface area (Å²) in [5, 5.41) is 2.54. The number of carbonyl (C=O) groups excluding carboxylic acids is 2. The van der Waals surface area contributed by atoms with Gasteiger partial charge in [-0.25, -0.2) is 4.98 Å². The standard InChI is InChI=1S/C22H21N3O3S/c1-15-14-29-22(23-15)25(18-6-4-3-5-7-18)21(27)16-12-20(26)24(13-16)17-8-10-19(28-2)11-9-17/h3-11,14,16H,12-13H2,1-2H3. The molecule has 29 heavy (non-hydrogen) atoms. The molecule has 1 atom stereocenters. The van der Waals surface area contributed by atoms with Crippen molar-refractivity contribution in [2.24, 2.45) is 5.92 Å². The highest BCUT2D eigenvalue weighted by Gasteiger charge is 2.38. The topological polar surface area (TPSA) is 62.7 Å². The van der Waals surface area contributed by atoms with Crippen molar-refractivity contribution >= 4 is 39.7 Å². The number of thiazole rings is 1. The van der Waals surface area contributed by atoms with Gasteiger partial charge in [-0.05, 0) is 43.3 Å². The van der Waals surface area contributed by atoms with Gasteiger partial charge in [-0.3, -0.25) is 14.5 Å². The summed E-state index contributed by atoms with van der Waals surface area (Å²) in [6.07, 6.45) is 0.179. The number of amides is 2. The summed E-state index contributed by atoms with van der Waals surface area (Å²) in [7, 11) is 1.60. The first-order valence-corrected chi connectivity index (χ1v) is 10.2. The van der Waals surface area contributed by atoms with Gasteiger partial charge in [0.1, 0.15) is 5.75 Å². The maximum Gasteiger partial charge on any atom is 0.238 e. The second-order valence-electron chi connectivity index (χ2n) is 6.88. The van der Waals surface area contributed by atoms with Gasteiger partial charge in [0.05, 0.1) is 24.4 Å². The van der Waals surface area contributed by atoms with Crippen LogP contribution in [-0.2, 0) is 9.59 Å². The molecule has 1 saturated heterocycles. The third-order valence-corrected chi connectivity index (χ3v) is 5.83. The summed E-state index contributed by atoms with van der Waals surface area (Å²) < 4.78 is 5.18. The van der Waals surface area contributed by atoms with Crippen LogP contribution in [0.25, 0.3) is 0 Å². The Bertz CT molecular complexity index is 1020. The number of benzene rings is 2. The summed E-state index contributed by atoms with van der Waals surface area (Å²) in [5.41, 5.74) is 2.38. The van der Waals surface area contributed by atoms with Gasteiger partial charge in [-0.15, -0.1) is 11.3 Å². The highest BCUT2D eigenvalue weighted by molar-refractivity contribution is 7.14. The van der Waals surface area contributed by atoms with Crippen molar-refractivity contribution in [3.63, 3.8) is 0 Å². The maximum atomic E-state index is 13.5. The Labute approximate surface area is 173 Å². The number of carbonyl (C=O) groups is 2. The van der Waals surface area contributed by atoms with Gasteiger partial charge in [-0.2, -0.15) is 0 Å². The molecule has 3 aromatic rings. The van der Waals surface area contributed by atoms with E-state index in [0.29, 0.717) is 11.7 Å². The third kappa shape index (κ3) is 3.86. The third-order valence-electron chi connectivity index (χ3n) is 4.89. The summed E-state index contributed by atoms with van der Waals surface area (Å²) in [6.45, 7) is 2.25. The van der Waals surface area contributed by atoms with E-state index in [9.17, 15) is 9.59 Å². The first-order valence-electron chi connectivity index (χ1n) is 9.32. The van der Waals surface area contributed by atoms with Crippen molar-refractivity contribution < 1.29 is 14.3 Å². The number of methoxy groups -OCH3 is 1. The molecular formula is C22H21N3O3S. The first-order chi connectivity index (χ1) is 14.1. The largest absolute Gasteiger partial charge is 0.497 e. The van der Waals surface area contributed by atoms with Crippen molar-refractivity contribution in [3.05, 3.63) is 65.7 Å². The normalized spacial score (nSPS) is 16.1. The van der Waals surface area contributed by atoms with Crippen LogP contribution in [-0.4, -0.2) is 30.5 Å². The minimum atomic E-state index is -0.436. The van der Waals surface area contributed by atoms with Crippen molar-refractivity contribution in [1.82, 2.24) is 4.98 Å². The zero-order valence-electron chi connectivity index (χ0n) is 16.2. The van der Waals surface area contributed by atoms with E-state index in [2.05, 4.69) is 4.98 Å². The van der Waals surface area contributed by atoms with E-state index in [-0.39, 0.29) is 18.2 Å². The Morgan fingerprint density at radius 3 is 2.52 bits per heavy atom. The van der Waals surface area contributed by atoms with Crippen LogP contribution >= 0.6 is 11.3 Å². The molecule has 2 amide bonds. The maximum absolute atomic E-state index is 13.5. The van der Waals surface area contributed by atoms with E-state index >= 15 is 0 Å². The number of hydrogen-bond acceptors (Lipinski definition) is 5. The van der Waals surface area contributed by atoms with Crippen molar-refractivity contribution in [2.45, 2.75) is 13.3 Å². The Kier molecular flexibility index (Phi) is 5.31. The number of anilines is 3. The van der Waals surface area contributed by atoms with Crippen molar-refractivity contribution in [1.29, 1.82) is 0 Å². The molecule has 4 rings (SSSR count). The Morgan fingerprint density at radius 2 is 1.90 bits per heavy atom. The zero-order valence-corrected chi connectivity index (χ0v) is 17.1. The Hall–Kier alpha value is -3.19. The van der Waals surface area contributed by atoms with Crippen molar-refractivity contribution in [2.75, 3.05) is 23.5 Å². The quantitative estimate of drug-likeness (QED) is 0.637. The fourth-order valence-electron chi connectivity index (χ4n) is 3.42. The second-order valence-corrected chi connectivity index (χ2v) is 7.72. The summed E-state index contributed by atoms with van der Waals surface area (Å²) >= 11 is 1.42. The highest BCUT2D eigenvalue weighted by Crippen LogP contribution is 2.34. The SMILES string of the molecule is COc1ccc(N2CC(C(=O)N(c3ccccc3)c3nc(C)cs3)CC2=O)cc1. The molecule has 0 aliphatic carbocycles. The van der Waals surface area contributed by atoms with Gasteiger partial charge in [0.25, 0.3) is 0 Å². The summed E-state index contributed by atoms with van der Waals surface area (Å²) in [6, 6.07) is 16.7.